The van der Waals surface area contributed by atoms with Crippen LogP contribution in [0.5, 0.6) is 0 Å². The number of aromatic carboxylic acids is 1. The molecule has 0 fully saturated rings. The number of para-hydroxylation sites is 2. The number of carboxylic acid groups (broad SMARTS) is 1. The average Bonchev–Trinajstić information content (AvgIpc) is 2.67. The maximum Gasteiger partial charge on any atom is 0.338 e. The lowest BCUT2D eigenvalue weighted by molar-refractivity contribution is -0.384. The number of fused-ring (bicyclic) bond motifs is 2. The van der Waals surface area contributed by atoms with E-state index in [1.165, 1.54) is 6.07 Å². The minimum Gasteiger partial charge on any atom is -0.478 e. The number of hydrogen-bond acceptors (Lipinski definition) is 5. The van der Waals surface area contributed by atoms with E-state index in [4.69, 9.17) is 0 Å². The zero-order valence-corrected chi connectivity index (χ0v) is 13.9. The van der Waals surface area contributed by atoms with Crippen molar-refractivity contribution in [2.24, 2.45) is 0 Å². The summed E-state index contributed by atoms with van der Waals surface area (Å²) >= 11 is 0. The van der Waals surface area contributed by atoms with Crippen molar-refractivity contribution in [3.63, 3.8) is 0 Å². The molecule has 0 aliphatic heterocycles. The first-order valence-corrected chi connectivity index (χ1v) is 8.11. The second kappa shape index (κ2) is 6.38. The molecule has 4 rings (SSSR count). The van der Waals surface area contributed by atoms with Gasteiger partial charge < -0.3 is 10.4 Å². The zero-order chi connectivity index (χ0) is 19.0. The van der Waals surface area contributed by atoms with Gasteiger partial charge in [0, 0.05) is 28.6 Å². The highest BCUT2D eigenvalue weighted by Crippen LogP contribution is 2.36. The fourth-order valence-corrected chi connectivity index (χ4v) is 3.05. The Morgan fingerprint density at radius 2 is 1.70 bits per heavy atom. The largest absolute Gasteiger partial charge is 0.478 e. The third-order valence-electron chi connectivity index (χ3n) is 4.25. The van der Waals surface area contributed by atoms with Crippen molar-refractivity contribution in [1.29, 1.82) is 0 Å². The SMILES string of the molecule is O=C(O)c1cc([N+](=O)[O-])cc2c(Nc3ccccc3)c3ccccc3nc12. The van der Waals surface area contributed by atoms with Crippen LogP contribution < -0.4 is 5.32 Å². The van der Waals surface area contributed by atoms with E-state index in [9.17, 15) is 20.0 Å². The predicted octanol–water partition coefficient (Wildman–Crippen LogP) is 4.74. The summed E-state index contributed by atoms with van der Waals surface area (Å²) in [4.78, 5) is 26.9. The number of hydrogen-bond donors (Lipinski definition) is 2. The van der Waals surface area contributed by atoms with Crippen LogP contribution in [0.15, 0.2) is 66.7 Å². The van der Waals surface area contributed by atoms with Gasteiger partial charge in [0.25, 0.3) is 5.69 Å². The molecule has 0 spiro atoms. The van der Waals surface area contributed by atoms with E-state index in [0.29, 0.717) is 16.6 Å². The molecule has 27 heavy (non-hydrogen) atoms. The van der Waals surface area contributed by atoms with Gasteiger partial charge in [-0.2, -0.15) is 0 Å². The molecule has 132 valence electrons. The van der Waals surface area contributed by atoms with Crippen LogP contribution in [0.2, 0.25) is 0 Å². The number of carboxylic acids is 1. The van der Waals surface area contributed by atoms with Gasteiger partial charge in [0.2, 0.25) is 0 Å². The highest BCUT2D eigenvalue weighted by atomic mass is 16.6. The topological polar surface area (TPSA) is 105 Å². The van der Waals surface area contributed by atoms with Crippen LogP contribution in [-0.2, 0) is 0 Å². The van der Waals surface area contributed by atoms with Crippen molar-refractivity contribution in [3.8, 4) is 0 Å². The number of non-ortho nitro benzene ring substituents is 1. The molecule has 0 atom stereocenters. The van der Waals surface area contributed by atoms with Gasteiger partial charge in [0.15, 0.2) is 0 Å². The number of benzene rings is 3. The van der Waals surface area contributed by atoms with Gasteiger partial charge in [0.05, 0.1) is 27.2 Å². The first-order valence-electron chi connectivity index (χ1n) is 8.11. The molecule has 0 radical (unpaired) electrons. The van der Waals surface area contributed by atoms with Crippen LogP contribution in [0.4, 0.5) is 17.1 Å². The maximum atomic E-state index is 11.7. The number of nitrogens with zero attached hydrogens (tertiary/aromatic N) is 2. The average molecular weight is 359 g/mol. The van der Waals surface area contributed by atoms with E-state index in [0.717, 1.165) is 17.1 Å². The van der Waals surface area contributed by atoms with Crippen LogP contribution in [-0.4, -0.2) is 21.0 Å². The van der Waals surface area contributed by atoms with E-state index >= 15 is 0 Å². The third kappa shape index (κ3) is 2.91. The summed E-state index contributed by atoms with van der Waals surface area (Å²) in [6.45, 7) is 0. The minimum absolute atomic E-state index is 0.199. The summed E-state index contributed by atoms with van der Waals surface area (Å²) in [5.74, 6) is -1.27. The standard InChI is InChI=1S/C20H13N3O4/c24-20(25)16-11-13(23(26)27)10-15-18(21-12-6-2-1-3-7-12)14-8-4-5-9-17(14)22-19(15)16/h1-11H,(H,21,22)(H,24,25). The summed E-state index contributed by atoms with van der Waals surface area (Å²) in [7, 11) is 0. The smallest absolute Gasteiger partial charge is 0.338 e. The van der Waals surface area contributed by atoms with Gasteiger partial charge >= 0.3 is 5.97 Å². The molecule has 1 aromatic heterocycles. The summed E-state index contributed by atoms with van der Waals surface area (Å²) in [5.41, 5.74) is 1.64. The molecule has 0 bridgehead atoms. The summed E-state index contributed by atoms with van der Waals surface area (Å²) in [6.07, 6.45) is 0. The van der Waals surface area contributed by atoms with E-state index in [1.807, 2.05) is 42.5 Å². The number of pyridine rings is 1. The summed E-state index contributed by atoms with van der Waals surface area (Å²) in [6, 6.07) is 19.0. The molecule has 7 nitrogen and oxygen atoms in total. The first-order chi connectivity index (χ1) is 13.0. The highest BCUT2D eigenvalue weighted by Gasteiger charge is 2.21. The molecule has 1 heterocycles. The van der Waals surface area contributed by atoms with Gasteiger partial charge in [-0.1, -0.05) is 36.4 Å². The predicted molar refractivity (Wildman–Crippen MR) is 103 cm³/mol. The van der Waals surface area contributed by atoms with Gasteiger partial charge in [0.1, 0.15) is 0 Å². The lowest BCUT2D eigenvalue weighted by Gasteiger charge is -2.14. The number of nitrogens with one attached hydrogen (secondary N) is 1. The van der Waals surface area contributed by atoms with Crippen LogP contribution in [0.3, 0.4) is 0 Å². The van der Waals surface area contributed by atoms with E-state index < -0.39 is 10.9 Å². The molecular weight excluding hydrogens is 346 g/mol. The Morgan fingerprint density at radius 3 is 2.41 bits per heavy atom. The van der Waals surface area contributed by atoms with Gasteiger partial charge in [-0.3, -0.25) is 10.1 Å². The van der Waals surface area contributed by atoms with Crippen molar-refractivity contribution in [2.75, 3.05) is 5.32 Å². The first kappa shape index (κ1) is 16.5. The number of aromatic nitrogens is 1. The Kier molecular flexibility index (Phi) is 3.89. The molecule has 0 aliphatic rings. The number of nitro groups is 1. The van der Waals surface area contributed by atoms with Gasteiger partial charge in [-0.05, 0) is 18.2 Å². The normalized spacial score (nSPS) is 10.8. The maximum absolute atomic E-state index is 11.7. The van der Waals surface area contributed by atoms with Gasteiger partial charge in [-0.25, -0.2) is 9.78 Å². The molecular formula is C20H13N3O4. The molecule has 7 heteroatoms. The van der Waals surface area contributed by atoms with E-state index in [1.54, 1.807) is 12.1 Å². The van der Waals surface area contributed by atoms with Gasteiger partial charge in [-0.15, -0.1) is 0 Å². The zero-order valence-electron chi connectivity index (χ0n) is 13.9. The van der Waals surface area contributed by atoms with Crippen molar-refractivity contribution in [2.45, 2.75) is 0 Å². The molecule has 0 saturated carbocycles. The fraction of sp³-hybridized carbons (Fsp3) is 0. The van der Waals surface area contributed by atoms with E-state index in [-0.39, 0.29) is 16.8 Å². The number of anilines is 2. The van der Waals surface area contributed by atoms with Crippen LogP contribution in [0.1, 0.15) is 10.4 Å². The Balaban J connectivity index is 2.12. The van der Waals surface area contributed by atoms with Crippen molar-refractivity contribution >= 4 is 44.8 Å². The lowest BCUT2D eigenvalue weighted by atomic mass is 10.0. The lowest BCUT2D eigenvalue weighted by Crippen LogP contribution is -2.03. The van der Waals surface area contributed by atoms with Crippen molar-refractivity contribution in [1.82, 2.24) is 4.98 Å². The second-order valence-electron chi connectivity index (χ2n) is 5.95. The van der Waals surface area contributed by atoms with Crippen molar-refractivity contribution in [3.05, 3.63) is 82.4 Å². The molecule has 0 amide bonds. The summed E-state index contributed by atoms with van der Waals surface area (Å²) in [5, 5.41) is 25.3. The minimum atomic E-state index is -1.27. The summed E-state index contributed by atoms with van der Waals surface area (Å²) < 4.78 is 0. The van der Waals surface area contributed by atoms with E-state index in [2.05, 4.69) is 10.3 Å². The molecule has 0 aliphatic carbocycles. The molecule has 0 saturated heterocycles. The number of rotatable bonds is 4. The highest BCUT2D eigenvalue weighted by molar-refractivity contribution is 6.14. The monoisotopic (exact) mass is 359 g/mol. The van der Waals surface area contributed by atoms with Crippen molar-refractivity contribution < 1.29 is 14.8 Å². The Bertz CT molecular complexity index is 1210. The Labute approximate surface area is 153 Å². The second-order valence-corrected chi connectivity index (χ2v) is 5.95. The van der Waals surface area contributed by atoms with Crippen LogP contribution in [0.25, 0.3) is 21.8 Å². The fourth-order valence-electron chi connectivity index (χ4n) is 3.05. The Hall–Kier alpha value is -4.00. The number of nitro benzene ring substituents is 1. The molecule has 4 aromatic rings. The third-order valence-corrected chi connectivity index (χ3v) is 4.25. The molecule has 3 aromatic carbocycles. The van der Waals surface area contributed by atoms with Crippen LogP contribution >= 0.6 is 0 Å². The number of carbonyl (C=O) groups is 1. The van der Waals surface area contributed by atoms with Crippen LogP contribution in [0, 0.1) is 10.1 Å². The molecule has 2 N–H and O–H groups in total. The Morgan fingerprint density at radius 1 is 1.00 bits per heavy atom. The quantitative estimate of drug-likeness (QED) is 0.310. The molecule has 0 unspecified atom stereocenters.